The Bertz CT molecular complexity index is 116. The second kappa shape index (κ2) is 4.11. The highest BCUT2D eigenvalue weighted by Gasteiger charge is 2.25. The quantitative estimate of drug-likeness (QED) is 0.405. The van der Waals surface area contributed by atoms with Gasteiger partial charge in [-0.15, -0.1) is 0 Å². The third-order valence-electron chi connectivity index (χ3n) is 1.13. The standard InChI is InChI=1S/C4H8N2O2.C2H6/c1-3-2-8-4(7)6(3)5;1-2/h3H,2,5H2,1H3;1-2H3. The highest BCUT2D eigenvalue weighted by atomic mass is 16.6. The van der Waals surface area contributed by atoms with Gasteiger partial charge in [0.05, 0.1) is 6.04 Å². The van der Waals surface area contributed by atoms with Crippen LogP contribution < -0.4 is 5.84 Å². The van der Waals surface area contributed by atoms with Crippen molar-refractivity contribution in [3.63, 3.8) is 0 Å². The summed E-state index contributed by atoms with van der Waals surface area (Å²) in [4.78, 5) is 10.4. The van der Waals surface area contributed by atoms with Gasteiger partial charge in [0.1, 0.15) is 6.61 Å². The number of hydrogen-bond donors (Lipinski definition) is 1. The predicted octanol–water partition coefficient (Wildman–Crippen LogP) is 0.727. The molecule has 0 radical (unpaired) electrons. The number of carbonyl (C=O) groups excluding carboxylic acids is 1. The first kappa shape index (κ1) is 9.23. The van der Waals surface area contributed by atoms with Crippen LogP contribution in [0.15, 0.2) is 0 Å². The molecule has 0 aromatic heterocycles. The van der Waals surface area contributed by atoms with Gasteiger partial charge in [-0.3, -0.25) is 0 Å². The topological polar surface area (TPSA) is 55.6 Å². The highest BCUT2D eigenvalue weighted by Crippen LogP contribution is 2.04. The SMILES string of the molecule is CC.CC1COC(=O)N1N. The van der Waals surface area contributed by atoms with E-state index in [1.165, 1.54) is 0 Å². The number of amides is 1. The number of nitrogens with two attached hydrogens (primary N) is 1. The van der Waals surface area contributed by atoms with Gasteiger partial charge in [-0.1, -0.05) is 13.8 Å². The normalized spacial score (nSPS) is 23.4. The van der Waals surface area contributed by atoms with Crippen molar-refractivity contribution in [3.05, 3.63) is 0 Å². The van der Waals surface area contributed by atoms with Crippen molar-refractivity contribution in [1.29, 1.82) is 0 Å². The van der Waals surface area contributed by atoms with Crippen molar-refractivity contribution in [1.82, 2.24) is 5.01 Å². The van der Waals surface area contributed by atoms with E-state index in [9.17, 15) is 4.79 Å². The maximum atomic E-state index is 10.4. The summed E-state index contributed by atoms with van der Waals surface area (Å²) in [6.07, 6.45) is -0.433. The van der Waals surface area contributed by atoms with Crippen molar-refractivity contribution in [2.24, 2.45) is 5.84 Å². The fourth-order valence-corrected chi connectivity index (χ4v) is 0.527. The Morgan fingerprint density at radius 3 is 2.30 bits per heavy atom. The third kappa shape index (κ3) is 1.88. The van der Waals surface area contributed by atoms with Gasteiger partial charge in [0.15, 0.2) is 0 Å². The molecule has 0 bridgehead atoms. The number of cyclic esters (lactones) is 1. The van der Waals surface area contributed by atoms with Gasteiger partial charge in [-0.2, -0.15) is 0 Å². The summed E-state index contributed by atoms with van der Waals surface area (Å²) in [7, 11) is 0. The first-order valence-electron chi connectivity index (χ1n) is 3.42. The third-order valence-corrected chi connectivity index (χ3v) is 1.13. The van der Waals surface area contributed by atoms with Crippen LogP contribution >= 0.6 is 0 Å². The van der Waals surface area contributed by atoms with Crippen LogP contribution in [0.1, 0.15) is 20.8 Å². The molecule has 1 unspecified atom stereocenters. The summed E-state index contributed by atoms with van der Waals surface area (Å²) in [5, 5.41) is 1.08. The van der Waals surface area contributed by atoms with Crippen LogP contribution in [0.25, 0.3) is 0 Å². The number of hydrogen-bond acceptors (Lipinski definition) is 3. The van der Waals surface area contributed by atoms with Crippen molar-refractivity contribution in [2.45, 2.75) is 26.8 Å². The lowest BCUT2D eigenvalue weighted by molar-refractivity contribution is 0.158. The molecular formula is C6H14N2O2. The van der Waals surface area contributed by atoms with Crippen molar-refractivity contribution in [2.75, 3.05) is 6.61 Å². The van der Waals surface area contributed by atoms with Crippen LogP contribution in [-0.4, -0.2) is 23.8 Å². The fourth-order valence-electron chi connectivity index (χ4n) is 0.527. The molecule has 1 saturated heterocycles. The molecule has 0 spiro atoms. The number of hydrazine groups is 1. The van der Waals surface area contributed by atoms with Gasteiger partial charge in [-0.05, 0) is 6.92 Å². The van der Waals surface area contributed by atoms with E-state index in [0.717, 1.165) is 5.01 Å². The zero-order valence-electron chi connectivity index (χ0n) is 6.63. The van der Waals surface area contributed by atoms with Gasteiger partial charge < -0.3 is 4.74 Å². The summed E-state index contributed by atoms with van der Waals surface area (Å²) in [6, 6.07) is 0.0301. The Morgan fingerprint density at radius 1 is 1.70 bits per heavy atom. The zero-order chi connectivity index (χ0) is 8.15. The molecule has 1 amide bonds. The van der Waals surface area contributed by atoms with Gasteiger partial charge in [0.25, 0.3) is 0 Å². The van der Waals surface area contributed by atoms with Gasteiger partial charge in [0.2, 0.25) is 0 Å². The van der Waals surface area contributed by atoms with E-state index in [1.807, 2.05) is 20.8 Å². The average Bonchev–Trinajstić information content (AvgIpc) is 2.25. The minimum absolute atomic E-state index is 0.0301. The highest BCUT2D eigenvalue weighted by molar-refractivity contribution is 5.69. The van der Waals surface area contributed by atoms with Gasteiger partial charge in [-0.25, -0.2) is 15.6 Å². The molecule has 0 aromatic rings. The summed E-state index contributed by atoms with van der Waals surface area (Å²) >= 11 is 0. The first-order chi connectivity index (χ1) is 4.72. The van der Waals surface area contributed by atoms with E-state index in [0.29, 0.717) is 6.61 Å². The smallest absolute Gasteiger partial charge is 0.424 e. The monoisotopic (exact) mass is 146 g/mol. The predicted molar refractivity (Wildman–Crippen MR) is 38.2 cm³/mol. The molecule has 1 heterocycles. The van der Waals surface area contributed by atoms with Gasteiger partial charge >= 0.3 is 6.09 Å². The molecule has 1 rings (SSSR count). The minimum atomic E-state index is -0.433. The van der Waals surface area contributed by atoms with Crippen LogP contribution in [0.2, 0.25) is 0 Å². The Balaban J connectivity index is 0.000000371. The lowest BCUT2D eigenvalue weighted by atomic mass is 10.4. The molecule has 0 saturated carbocycles. The first-order valence-corrected chi connectivity index (χ1v) is 3.42. The number of ether oxygens (including phenoxy) is 1. The molecular weight excluding hydrogens is 132 g/mol. The molecule has 60 valence electrons. The van der Waals surface area contributed by atoms with E-state index in [2.05, 4.69) is 4.74 Å². The maximum Gasteiger partial charge on any atom is 0.424 e. The van der Waals surface area contributed by atoms with Crippen LogP contribution in [0.3, 0.4) is 0 Å². The fraction of sp³-hybridized carbons (Fsp3) is 0.833. The Morgan fingerprint density at radius 2 is 2.20 bits per heavy atom. The molecule has 0 aromatic carbocycles. The number of rotatable bonds is 0. The molecule has 4 nitrogen and oxygen atoms in total. The minimum Gasteiger partial charge on any atom is -0.446 e. The largest absolute Gasteiger partial charge is 0.446 e. The van der Waals surface area contributed by atoms with Crippen molar-refractivity contribution < 1.29 is 9.53 Å². The molecule has 0 aliphatic carbocycles. The average molecular weight is 146 g/mol. The summed E-state index contributed by atoms with van der Waals surface area (Å²) < 4.78 is 4.54. The van der Waals surface area contributed by atoms with E-state index < -0.39 is 6.09 Å². The van der Waals surface area contributed by atoms with E-state index in [-0.39, 0.29) is 6.04 Å². The van der Waals surface area contributed by atoms with E-state index in [4.69, 9.17) is 5.84 Å². The van der Waals surface area contributed by atoms with Crippen LogP contribution in [0, 0.1) is 0 Å². The lowest BCUT2D eigenvalue weighted by Crippen LogP contribution is -2.37. The Kier molecular flexibility index (Phi) is 3.79. The zero-order valence-corrected chi connectivity index (χ0v) is 6.63. The molecule has 1 aliphatic rings. The Hall–Kier alpha value is -0.770. The summed E-state index contributed by atoms with van der Waals surface area (Å²) in [6.45, 7) is 6.24. The maximum absolute atomic E-state index is 10.4. The van der Waals surface area contributed by atoms with E-state index in [1.54, 1.807) is 0 Å². The second-order valence-corrected chi connectivity index (χ2v) is 1.83. The second-order valence-electron chi connectivity index (χ2n) is 1.83. The molecule has 4 heteroatoms. The lowest BCUT2D eigenvalue weighted by Gasteiger charge is -2.07. The van der Waals surface area contributed by atoms with E-state index >= 15 is 0 Å². The molecule has 10 heavy (non-hydrogen) atoms. The number of carbonyl (C=O) groups is 1. The van der Waals surface area contributed by atoms with Crippen LogP contribution in [0.5, 0.6) is 0 Å². The summed E-state index contributed by atoms with van der Waals surface area (Å²) in [5.41, 5.74) is 0. The van der Waals surface area contributed by atoms with Crippen molar-refractivity contribution >= 4 is 6.09 Å². The number of nitrogens with zero attached hydrogens (tertiary/aromatic N) is 1. The molecule has 1 atom stereocenters. The van der Waals surface area contributed by atoms with Gasteiger partial charge in [0, 0.05) is 0 Å². The van der Waals surface area contributed by atoms with Crippen molar-refractivity contribution in [3.8, 4) is 0 Å². The molecule has 1 aliphatic heterocycles. The van der Waals surface area contributed by atoms with Crippen LogP contribution in [0.4, 0.5) is 4.79 Å². The van der Waals surface area contributed by atoms with Crippen LogP contribution in [-0.2, 0) is 4.74 Å². The molecule has 1 fully saturated rings. The Labute approximate surface area is 60.9 Å². The molecule has 2 N–H and O–H groups in total. The summed E-state index contributed by atoms with van der Waals surface area (Å²) in [5.74, 6) is 5.18.